The topological polar surface area (TPSA) is 71.4 Å². The van der Waals surface area contributed by atoms with E-state index in [0.29, 0.717) is 41.0 Å². The lowest BCUT2D eigenvalue weighted by Gasteiger charge is -2.12. The number of benzene rings is 2. The Kier molecular flexibility index (Phi) is 4.88. The summed E-state index contributed by atoms with van der Waals surface area (Å²) in [6.45, 7) is 1.11. The second kappa shape index (κ2) is 7.24. The van der Waals surface area contributed by atoms with Gasteiger partial charge in [-0.25, -0.2) is 0 Å². The summed E-state index contributed by atoms with van der Waals surface area (Å²) in [5, 5.41) is 12.1. The number of nitrogens with zero attached hydrogens (tertiary/aromatic N) is 1. The molecular weight excluding hydrogens is 328 g/mol. The summed E-state index contributed by atoms with van der Waals surface area (Å²) in [5.74, 6) is 0.893. The smallest absolute Gasteiger partial charge is 0.228 e. The van der Waals surface area contributed by atoms with Crippen LogP contribution in [0.1, 0.15) is 17.5 Å². The first-order valence-corrected chi connectivity index (χ1v) is 7.91. The standard InChI is InChI=1S/C18H15ClN2O3/c19-15-8-13(9-16-18(15)24-6-2-5-23-16)10-17(22)21-14-4-1-3-12(7-14)11-20/h1,3-4,7-9H,2,5-6,10H2,(H,21,22). The number of amides is 1. The zero-order chi connectivity index (χ0) is 16.9. The molecule has 5 nitrogen and oxygen atoms in total. The average Bonchev–Trinajstić information content (AvgIpc) is 2.80. The van der Waals surface area contributed by atoms with Crippen molar-refractivity contribution < 1.29 is 14.3 Å². The highest BCUT2D eigenvalue weighted by molar-refractivity contribution is 6.32. The van der Waals surface area contributed by atoms with Crippen LogP contribution in [0.3, 0.4) is 0 Å². The highest BCUT2D eigenvalue weighted by atomic mass is 35.5. The molecule has 0 atom stereocenters. The first kappa shape index (κ1) is 16.2. The van der Waals surface area contributed by atoms with E-state index < -0.39 is 0 Å². The number of nitrogens with one attached hydrogen (secondary N) is 1. The number of halogens is 1. The Morgan fingerprint density at radius 1 is 1.25 bits per heavy atom. The molecule has 1 N–H and O–H groups in total. The number of rotatable bonds is 3. The van der Waals surface area contributed by atoms with Gasteiger partial charge in [0.25, 0.3) is 0 Å². The van der Waals surface area contributed by atoms with E-state index in [1.165, 1.54) is 0 Å². The Hall–Kier alpha value is -2.71. The number of carbonyl (C=O) groups excluding carboxylic acids is 1. The van der Waals surface area contributed by atoms with E-state index in [4.69, 9.17) is 26.3 Å². The monoisotopic (exact) mass is 342 g/mol. The summed E-state index contributed by atoms with van der Waals surface area (Å²) in [7, 11) is 0. The molecule has 3 rings (SSSR count). The van der Waals surface area contributed by atoms with Crippen molar-refractivity contribution in [1.29, 1.82) is 5.26 Å². The van der Waals surface area contributed by atoms with Crippen LogP contribution in [0.2, 0.25) is 5.02 Å². The van der Waals surface area contributed by atoms with Gasteiger partial charge in [0.2, 0.25) is 5.91 Å². The van der Waals surface area contributed by atoms with E-state index >= 15 is 0 Å². The van der Waals surface area contributed by atoms with E-state index in [-0.39, 0.29) is 12.3 Å². The van der Waals surface area contributed by atoms with Gasteiger partial charge in [0.05, 0.1) is 36.3 Å². The molecular formula is C18H15ClN2O3. The molecule has 1 aliphatic heterocycles. The molecule has 0 bridgehead atoms. The summed E-state index contributed by atoms with van der Waals surface area (Å²) in [6.07, 6.45) is 0.934. The fourth-order valence-electron chi connectivity index (χ4n) is 2.44. The van der Waals surface area contributed by atoms with Crippen molar-refractivity contribution in [3.63, 3.8) is 0 Å². The van der Waals surface area contributed by atoms with Crippen LogP contribution in [-0.4, -0.2) is 19.1 Å². The summed E-state index contributed by atoms with van der Waals surface area (Å²) in [5.41, 5.74) is 1.81. The number of fused-ring (bicyclic) bond motifs is 1. The number of ether oxygens (including phenoxy) is 2. The molecule has 2 aromatic carbocycles. The Bertz CT molecular complexity index is 814. The van der Waals surface area contributed by atoms with Crippen molar-refractivity contribution in [2.45, 2.75) is 12.8 Å². The molecule has 0 fully saturated rings. The maximum absolute atomic E-state index is 12.2. The van der Waals surface area contributed by atoms with Gasteiger partial charge in [-0.3, -0.25) is 4.79 Å². The second-order valence-corrected chi connectivity index (χ2v) is 5.78. The zero-order valence-electron chi connectivity index (χ0n) is 12.8. The summed E-state index contributed by atoms with van der Waals surface area (Å²) < 4.78 is 11.2. The van der Waals surface area contributed by atoms with E-state index in [2.05, 4.69) is 5.32 Å². The lowest BCUT2D eigenvalue weighted by molar-refractivity contribution is -0.115. The normalized spacial score (nSPS) is 12.8. The molecule has 0 aromatic heterocycles. The average molecular weight is 343 g/mol. The van der Waals surface area contributed by atoms with Gasteiger partial charge in [-0.15, -0.1) is 0 Å². The summed E-state index contributed by atoms with van der Waals surface area (Å²) in [4.78, 5) is 12.2. The van der Waals surface area contributed by atoms with Gasteiger partial charge in [0.1, 0.15) is 0 Å². The van der Waals surface area contributed by atoms with Crippen LogP contribution in [0.4, 0.5) is 5.69 Å². The Balaban J connectivity index is 1.73. The van der Waals surface area contributed by atoms with Crippen molar-refractivity contribution in [3.05, 3.63) is 52.5 Å². The first-order valence-electron chi connectivity index (χ1n) is 7.54. The van der Waals surface area contributed by atoms with Gasteiger partial charge < -0.3 is 14.8 Å². The van der Waals surface area contributed by atoms with Gasteiger partial charge in [-0.1, -0.05) is 17.7 Å². The van der Waals surface area contributed by atoms with Crippen molar-refractivity contribution in [1.82, 2.24) is 0 Å². The van der Waals surface area contributed by atoms with Gasteiger partial charge in [0.15, 0.2) is 11.5 Å². The fourth-order valence-corrected chi connectivity index (χ4v) is 2.73. The molecule has 6 heteroatoms. The van der Waals surface area contributed by atoms with E-state index in [1.807, 2.05) is 6.07 Å². The van der Waals surface area contributed by atoms with Gasteiger partial charge in [-0.05, 0) is 35.9 Å². The minimum atomic E-state index is -0.198. The third kappa shape index (κ3) is 3.79. The molecule has 0 spiro atoms. The number of anilines is 1. The molecule has 0 saturated heterocycles. The largest absolute Gasteiger partial charge is 0.489 e. The van der Waals surface area contributed by atoms with Crippen LogP contribution in [0, 0.1) is 11.3 Å². The van der Waals surface area contributed by atoms with Crippen molar-refractivity contribution >= 4 is 23.2 Å². The summed E-state index contributed by atoms with van der Waals surface area (Å²) >= 11 is 6.23. The molecule has 0 saturated carbocycles. The van der Waals surface area contributed by atoms with Crippen molar-refractivity contribution in [3.8, 4) is 17.6 Å². The minimum absolute atomic E-state index is 0.146. The molecule has 24 heavy (non-hydrogen) atoms. The van der Waals surface area contributed by atoms with Gasteiger partial charge >= 0.3 is 0 Å². The van der Waals surface area contributed by atoms with Crippen LogP contribution in [0.25, 0.3) is 0 Å². The number of hydrogen-bond donors (Lipinski definition) is 1. The van der Waals surface area contributed by atoms with Crippen LogP contribution in [0.5, 0.6) is 11.5 Å². The lowest BCUT2D eigenvalue weighted by Crippen LogP contribution is -2.14. The van der Waals surface area contributed by atoms with Crippen molar-refractivity contribution in [2.24, 2.45) is 0 Å². The van der Waals surface area contributed by atoms with Crippen LogP contribution < -0.4 is 14.8 Å². The van der Waals surface area contributed by atoms with Gasteiger partial charge in [0, 0.05) is 12.1 Å². The summed E-state index contributed by atoms with van der Waals surface area (Å²) in [6, 6.07) is 12.3. The minimum Gasteiger partial charge on any atom is -0.489 e. The molecule has 0 aliphatic carbocycles. The molecule has 1 amide bonds. The predicted molar refractivity (Wildman–Crippen MR) is 90.5 cm³/mol. The fraction of sp³-hybridized carbons (Fsp3) is 0.222. The second-order valence-electron chi connectivity index (χ2n) is 5.37. The first-order chi connectivity index (χ1) is 11.7. The van der Waals surface area contributed by atoms with Crippen LogP contribution in [-0.2, 0) is 11.2 Å². The Morgan fingerprint density at radius 3 is 2.92 bits per heavy atom. The Morgan fingerprint density at radius 2 is 2.08 bits per heavy atom. The molecule has 2 aromatic rings. The molecule has 0 radical (unpaired) electrons. The quantitative estimate of drug-likeness (QED) is 0.925. The number of nitriles is 1. The highest BCUT2D eigenvalue weighted by Crippen LogP contribution is 2.38. The zero-order valence-corrected chi connectivity index (χ0v) is 13.6. The number of hydrogen-bond acceptors (Lipinski definition) is 4. The third-order valence-electron chi connectivity index (χ3n) is 3.50. The van der Waals surface area contributed by atoms with Crippen LogP contribution >= 0.6 is 11.6 Å². The highest BCUT2D eigenvalue weighted by Gasteiger charge is 2.16. The maximum atomic E-state index is 12.2. The molecule has 1 aliphatic rings. The number of carbonyl (C=O) groups is 1. The predicted octanol–water partition coefficient (Wildman–Crippen LogP) is 3.55. The van der Waals surface area contributed by atoms with E-state index in [1.54, 1.807) is 36.4 Å². The van der Waals surface area contributed by atoms with E-state index in [9.17, 15) is 4.79 Å². The van der Waals surface area contributed by atoms with Crippen LogP contribution in [0.15, 0.2) is 36.4 Å². The molecule has 0 unspecified atom stereocenters. The molecule has 1 heterocycles. The maximum Gasteiger partial charge on any atom is 0.228 e. The van der Waals surface area contributed by atoms with Crippen molar-refractivity contribution in [2.75, 3.05) is 18.5 Å². The third-order valence-corrected chi connectivity index (χ3v) is 3.78. The Labute approximate surface area is 144 Å². The molecule has 122 valence electrons. The van der Waals surface area contributed by atoms with Gasteiger partial charge in [-0.2, -0.15) is 5.26 Å². The van der Waals surface area contributed by atoms with E-state index in [0.717, 1.165) is 12.0 Å². The lowest BCUT2D eigenvalue weighted by atomic mass is 10.1. The SMILES string of the molecule is N#Cc1cccc(NC(=O)Cc2cc(Cl)c3c(c2)OCCCO3)c1.